The Morgan fingerprint density at radius 1 is 1.14 bits per heavy atom. The Balaban J connectivity index is 0.000000774. The van der Waals surface area contributed by atoms with Crippen LogP contribution < -0.4 is 10.1 Å². The molecule has 0 spiro atoms. The number of hydrogen-bond acceptors (Lipinski definition) is 4. The zero-order chi connectivity index (χ0) is 15.1. The van der Waals surface area contributed by atoms with Crippen LogP contribution >= 0.6 is 0 Å². The number of anilines is 1. The van der Waals surface area contributed by atoms with E-state index in [9.17, 15) is 4.79 Å². The fourth-order valence-electron chi connectivity index (χ4n) is 1.72. The van der Waals surface area contributed by atoms with Gasteiger partial charge in [0.25, 0.3) is 0 Å². The Hall–Kier alpha value is -2.43. The van der Waals surface area contributed by atoms with E-state index in [2.05, 4.69) is 15.3 Å². The van der Waals surface area contributed by atoms with Crippen molar-refractivity contribution in [3.8, 4) is 5.75 Å². The standard InChI is InChI=1S/C14H13N3O2.C2H6/c18-14(19-11-4-2-1-3-5-11)17-13-9-15-12(8-16-13)10-6-7-10;1-2/h1-5,8-10H,6-7H2,(H,16,17,18);1-2H3. The number of para-hydroxylation sites is 1. The molecule has 0 bridgehead atoms. The average Bonchev–Trinajstić information content (AvgIpc) is 3.36. The predicted octanol–water partition coefficient (Wildman–Crippen LogP) is 3.99. The molecule has 1 aliphatic carbocycles. The summed E-state index contributed by atoms with van der Waals surface area (Å²) < 4.78 is 5.09. The highest BCUT2D eigenvalue weighted by atomic mass is 16.6. The Kier molecular flexibility index (Phi) is 5.26. The van der Waals surface area contributed by atoms with Crippen LogP contribution in [0.2, 0.25) is 0 Å². The summed E-state index contributed by atoms with van der Waals surface area (Å²) in [5.74, 6) is 1.44. The third-order valence-electron chi connectivity index (χ3n) is 2.85. The summed E-state index contributed by atoms with van der Waals surface area (Å²) >= 11 is 0. The summed E-state index contributed by atoms with van der Waals surface area (Å²) in [6.07, 6.45) is 5.05. The van der Waals surface area contributed by atoms with Gasteiger partial charge in [0.05, 0.1) is 18.1 Å². The molecule has 1 heterocycles. The van der Waals surface area contributed by atoms with Gasteiger partial charge >= 0.3 is 6.09 Å². The number of aromatic nitrogens is 2. The highest BCUT2D eigenvalue weighted by Gasteiger charge is 2.25. The van der Waals surface area contributed by atoms with Crippen molar-refractivity contribution in [1.29, 1.82) is 0 Å². The smallest absolute Gasteiger partial charge is 0.410 e. The number of carbonyl (C=O) groups is 1. The highest BCUT2D eigenvalue weighted by molar-refractivity contribution is 5.84. The van der Waals surface area contributed by atoms with E-state index in [0.717, 1.165) is 5.69 Å². The molecule has 1 aliphatic rings. The van der Waals surface area contributed by atoms with Crippen LogP contribution in [0.5, 0.6) is 5.75 Å². The molecule has 110 valence electrons. The molecule has 0 unspecified atom stereocenters. The first kappa shape index (κ1) is 15.0. The summed E-state index contributed by atoms with van der Waals surface area (Å²) in [4.78, 5) is 20.0. The van der Waals surface area contributed by atoms with Crippen LogP contribution in [0.3, 0.4) is 0 Å². The van der Waals surface area contributed by atoms with E-state index < -0.39 is 6.09 Å². The van der Waals surface area contributed by atoms with Crippen molar-refractivity contribution in [2.45, 2.75) is 32.6 Å². The van der Waals surface area contributed by atoms with Gasteiger partial charge in [-0.05, 0) is 25.0 Å². The van der Waals surface area contributed by atoms with Crippen molar-refractivity contribution in [1.82, 2.24) is 9.97 Å². The lowest BCUT2D eigenvalue weighted by Crippen LogP contribution is -2.17. The van der Waals surface area contributed by atoms with Crippen molar-refractivity contribution >= 4 is 11.9 Å². The van der Waals surface area contributed by atoms with Gasteiger partial charge in [0.2, 0.25) is 0 Å². The lowest BCUT2D eigenvalue weighted by atomic mass is 10.3. The number of hydrogen-bond donors (Lipinski definition) is 1. The van der Waals surface area contributed by atoms with Crippen molar-refractivity contribution in [2.24, 2.45) is 0 Å². The molecule has 2 aromatic rings. The van der Waals surface area contributed by atoms with Gasteiger partial charge in [-0.3, -0.25) is 10.3 Å². The van der Waals surface area contributed by atoms with E-state index in [1.807, 2.05) is 19.9 Å². The number of carbonyl (C=O) groups excluding carboxylic acids is 1. The molecule has 0 saturated heterocycles. The minimum atomic E-state index is -0.570. The zero-order valence-corrected chi connectivity index (χ0v) is 12.2. The second-order valence-electron chi connectivity index (χ2n) is 4.43. The summed E-state index contributed by atoms with van der Waals surface area (Å²) in [6, 6.07) is 8.87. The van der Waals surface area contributed by atoms with Gasteiger partial charge in [0.1, 0.15) is 5.75 Å². The molecule has 5 heteroatoms. The first-order valence-corrected chi connectivity index (χ1v) is 7.17. The number of rotatable bonds is 3. The molecule has 0 aliphatic heterocycles. The number of amides is 1. The lowest BCUT2D eigenvalue weighted by molar-refractivity contribution is 0.215. The second kappa shape index (κ2) is 7.38. The maximum Gasteiger partial charge on any atom is 0.418 e. The lowest BCUT2D eigenvalue weighted by Gasteiger charge is -2.05. The number of ether oxygens (including phenoxy) is 1. The van der Waals surface area contributed by atoms with Crippen LogP contribution in [-0.2, 0) is 0 Å². The van der Waals surface area contributed by atoms with Crippen LogP contribution in [0.1, 0.15) is 38.3 Å². The maximum absolute atomic E-state index is 11.6. The average molecular weight is 285 g/mol. The van der Waals surface area contributed by atoms with Crippen LogP contribution in [0.4, 0.5) is 10.6 Å². The van der Waals surface area contributed by atoms with Crippen molar-refractivity contribution in [3.63, 3.8) is 0 Å². The first-order chi connectivity index (χ1) is 10.3. The van der Waals surface area contributed by atoms with Gasteiger partial charge in [-0.25, -0.2) is 9.78 Å². The molecule has 1 aromatic carbocycles. The van der Waals surface area contributed by atoms with Crippen LogP contribution in [0.15, 0.2) is 42.7 Å². The highest BCUT2D eigenvalue weighted by Crippen LogP contribution is 2.38. The minimum absolute atomic E-state index is 0.394. The van der Waals surface area contributed by atoms with Gasteiger partial charge in [-0.2, -0.15) is 0 Å². The van der Waals surface area contributed by atoms with Gasteiger partial charge in [-0.1, -0.05) is 32.0 Å². The van der Waals surface area contributed by atoms with Gasteiger partial charge in [-0.15, -0.1) is 0 Å². The van der Waals surface area contributed by atoms with E-state index in [1.54, 1.807) is 36.7 Å². The molecule has 0 atom stereocenters. The third-order valence-corrected chi connectivity index (χ3v) is 2.85. The predicted molar refractivity (Wildman–Crippen MR) is 81.4 cm³/mol. The van der Waals surface area contributed by atoms with Crippen molar-refractivity contribution in [3.05, 3.63) is 48.4 Å². The first-order valence-electron chi connectivity index (χ1n) is 7.17. The number of benzene rings is 1. The summed E-state index contributed by atoms with van der Waals surface area (Å²) in [5.41, 5.74) is 0.988. The third kappa shape index (κ3) is 4.56. The molecule has 3 rings (SSSR count). The monoisotopic (exact) mass is 285 g/mol. The van der Waals surface area contributed by atoms with Crippen LogP contribution in [0, 0.1) is 0 Å². The SMILES string of the molecule is CC.O=C(Nc1cnc(C2CC2)cn1)Oc1ccccc1. The Labute approximate surface area is 124 Å². The quantitative estimate of drug-likeness (QED) is 0.926. The van der Waals surface area contributed by atoms with E-state index >= 15 is 0 Å². The fourth-order valence-corrected chi connectivity index (χ4v) is 1.72. The fraction of sp³-hybridized carbons (Fsp3) is 0.312. The van der Waals surface area contributed by atoms with Gasteiger partial charge in [0, 0.05) is 5.92 Å². The normalized spacial score (nSPS) is 12.9. The molecule has 0 radical (unpaired) electrons. The topological polar surface area (TPSA) is 64.1 Å². The molecular formula is C16H19N3O2. The molecule has 1 N–H and O–H groups in total. The van der Waals surface area contributed by atoms with E-state index in [0.29, 0.717) is 17.5 Å². The van der Waals surface area contributed by atoms with Crippen molar-refractivity contribution < 1.29 is 9.53 Å². The van der Waals surface area contributed by atoms with Crippen LogP contribution in [0.25, 0.3) is 0 Å². The Morgan fingerprint density at radius 2 is 1.86 bits per heavy atom. The van der Waals surface area contributed by atoms with Gasteiger partial charge < -0.3 is 4.74 Å². The van der Waals surface area contributed by atoms with E-state index in [-0.39, 0.29) is 0 Å². The number of nitrogens with zero attached hydrogens (tertiary/aromatic N) is 2. The van der Waals surface area contributed by atoms with E-state index in [4.69, 9.17) is 4.74 Å². The van der Waals surface area contributed by atoms with Crippen molar-refractivity contribution in [2.75, 3.05) is 5.32 Å². The molecular weight excluding hydrogens is 266 g/mol. The molecule has 21 heavy (non-hydrogen) atoms. The summed E-state index contributed by atoms with van der Waals surface area (Å²) in [6.45, 7) is 4.00. The second-order valence-corrected chi connectivity index (χ2v) is 4.43. The van der Waals surface area contributed by atoms with Gasteiger partial charge in [0.15, 0.2) is 5.82 Å². The zero-order valence-electron chi connectivity index (χ0n) is 12.2. The maximum atomic E-state index is 11.6. The van der Waals surface area contributed by atoms with Crippen LogP contribution in [-0.4, -0.2) is 16.1 Å². The Morgan fingerprint density at radius 3 is 2.43 bits per heavy atom. The molecule has 1 saturated carbocycles. The molecule has 1 aromatic heterocycles. The largest absolute Gasteiger partial charge is 0.418 e. The summed E-state index contributed by atoms with van der Waals surface area (Å²) in [7, 11) is 0. The molecule has 1 fully saturated rings. The number of nitrogens with one attached hydrogen (secondary N) is 1. The summed E-state index contributed by atoms with van der Waals surface area (Å²) in [5, 5.41) is 2.54. The van der Waals surface area contributed by atoms with E-state index in [1.165, 1.54) is 12.8 Å². The Bertz CT molecular complexity index is 566. The molecule has 5 nitrogen and oxygen atoms in total. The minimum Gasteiger partial charge on any atom is -0.410 e. The molecule has 1 amide bonds.